The maximum Gasteiger partial charge on any atom is 0.164 e. The summed E-state index contributed by atoms with van der Waals surface area (Å²) in [6.07, 6.45) is 7.34. The number of carbonyl (C=O) groups excluding carboxylic acids is 2. The largest absolute Gasteiger partial charge is 0.508 e. The molecule has 1 aromatic rings. The molecule has 0 aromatic heterocycles. The summed E-state index contributed by atoms with van der Waals surface area (Å²) in [6.45, 7) is 4.26. The molecule has 0 aliphatic heterocycles. The smallest absolute Gasteiger partial charge is 0.164 e. The van der Waals surface area contributed by atoms with Crippen LogP contribution in [-0.2, 0) is 4.79 Å². The van der Waals surface area contributed by atoms with Crippen LogP contribution in [0.5, 0.6) is 5.75 Å². The van der Waals surface area contributed by atoms with Gasteiger partial charge in [-0.15, -0.1) is 0 Å². The highest BCUT2D eigenvalue weighted by Crippen LogP contribution is 2.60. The molecule has 3 unspecified atom stereocenters. The summed E-state index contributed by atoms with van der Waals surface area (Å²) in [7, 11) is 0. The Morgan fingerprint density at radius 2 is 2.08 bits per heavy atom. The summed E-state index contributed by atoms with van der Waals surface area (Å²) < 4.78 is 0. The monoisotopic (exact) mass is 338 g/mol. The van der Waals surface area contributed by atoms with Gasteiger partial charge in [0.1, 0.15) is 5.75 Å². The molecule has 1 aromatic carbocycles. The van der Waals surface area contributed by atoms with Crippen LogP contribution in [0, 0.1) is 17.3 Å². The van der Waals surface area contributed by atoms with E-state index in [4.69, 9.17) is 0 Å². The topological polar surface area (TPSA) is 54.4 Å². The van der Waals surface area contributed by atoms with E-state index in [2.05, 4.69) is 19.9 Å². The van der Waals surface area contributed by atoms with Gasteiger partial charge >= 0.3 is 0 Å². The second-order valence-corrected chi connectivity index (χ2v) is 8.28. The number of hydrogen-bond acceptors (Lipinski definition) is 3. The van der Waals surface area contributed by atoms with Crippen LogP contribution < -0.4 is 0 Å². The van der Waals surface area contributed by atoms with E-state index >= 15 is 0 Å². The van der Waals surface area contributed by atoms with Crippen LogP contribution in [0.25, 0.3) is 0 Å². The van der Waals surface area contributed by atoms with Crippen molar-refractivity contribution in [3.8, 4) is 5.75 Å². The zero-order valence-electron chi connectivity index (χ0n) is 15.0. The summed E-state index contributed by atoms with van der Waals surface area (Å²) >= 11 is 0. The number of hydrogen-bond donors (Lipinski definition) is 1. The molecule has 0 spiro atoms. The second kappa shape index (κ2) is 5.82. The Kier molecular flexibility index (Phi) is 3.86. The van der Waals surface area contributed by atoms with Gasteiger partial charge in [0.2, 0.25) is 0 Å². The predicted octanol–water partition coefficient (Wildman–Crippen LogP) is 4.79. The van der Waals surface area contributed by atoms with Crippen molar-refractivity contribution in [2.24, 2.45) is 17.3 Å². The van der Waals surface area contributed by atoms with Gasteiger partial charge in [-0.3, -0.25) is 9.59 Å². The number of benzene rings is 1. The van der Waals surface area contributed by atoms with E-state index in [0.717, 1.165) is 43.2 Å². The van der Waals surface area contributed by atoms with Crippen LogP contribution in [-0.4, -0.2) is 16.7 Å². The lowest BCUT2D eigenvalue weighted by Gasteiger charge is -2.47. The van der Waals surface area contributed by atoms with E-state index in [1.165, 1.54) is 0 Å². The number of Topliss-reactive ketones (excluding diaryl/α,β-unsaturated/α-hetero) is 2. The Balaban J connectivity index is 1.72. The molecular formula is C22H26O3. The van der Waals surface area contributed by atoms with Crippen molar-refractivity contribution in [2.45, 2.75) is 58.3 Å². The quantitative estimate of drug-likeness (QED) is 0.789. The molecule has 0 amide bonds. The molecule has 4 atom stereocenters. The summed E-state index contributed by atoms with van der Waals surface area (Å²) in [6, 6.07) is 5.23. The van der Waals surface area contributed by atoms with Gasteiger partial charge < -0.3 is 5.11 Å². The van der Waals surface area contributed by atoms with Crippen molar-refractivity contribution >= 4 is 11.6 Å². The molecule has 4 rings (SSSR count). The molecule has 0 heterocycles. The Morgan fingerprint density at radius 3 is 2.84 bits per heavy atom. The zero-order valence-corrected chi connectivity index (χ0v) is 15.0. The van der Waals surface area contributed by atoms with Crippen LogP contribution in [0.1, 0.15) is 74.2 Å². The lowest BCUT2D eigenvalue weighted by atomic mass is 9.55. The van der Waals surface area contributed by atoms with Crippen molar-refractivity contribution in [3.63, 3.8) is 0 Å². The molecule has 132 valence electrons. The molecule has 0 saturated heterocycles. The SMILES string of the molecule is CCC/C=C1/CC2C3CC(=O)c4cc(O)ccc4C3CC[C@]2(C)C1=O. The molecule has 3 aliphatic rings. The van der Waals surface area contributed by atoms with E-state index < -0.39 is 0 Å². The van der Waals surface area contributed by atoms with Crippen molar-refractivity contribution in [1.82, 2.24) is 0 Å². The van der Waals surface area contributed by atoms with Crippen molar-refractivity contribution < 1.29 is 14.7 Å². The van der Waals surface area contributed by atoms with Crippen LogP contribution in [0.3, 0.4) is 0 Å². The highest BCUT2D eigenvalue weighted by Gasteiger charge is 2.57. The fraction of sp³-hybridized carbons (Fsp3) is 0.545. The molecule has 25 heavy (non-hydrogen) atoms. The summed E-state index contributed by atoms with van der Waals surface area (Å²) in [5.41, 5.74) is 2.48. The molecule has 1 N–H and O–H groups in total. The lowest BCUT2D eigenvalue weighted by Crippen LogP contribution is -2.43. The van der Waals surface area contributed by atoms with Gasteiger partial charge in [-0.2, -0.15) is 0 Å². The molecule has 0 bridgehead atoms. The summed E-state index contributed by atoms with van der Waals surface area (Å²) in [5.74, 6) is 1.47. The van der Waals surface area contributed by atoms with Gasteiger partial charge in [-0.25, -0.2) is 0 Å². The van der Waals surface area contributed by atoms with E-state index in [1.807, 2.05) is 6.07 Å². The molecular weight excluding hydrogens is 312 g/mol. The molecule has 3 nitrogen and oxygen atoms in total. The average Bonchev–Trinajstić information content (AvgIpc) is 2.85. The first kappa shape index (κ1) is 16.6. The minimum atomic E-state index is -0.296. The molecule has 0 radical (unpaired) electrons. The van der Waals surface area contributed by atoms with Crippen LogP contribution >= 0.6 is 0 Å². The summed E-state index contributed by atoms with van der Waals surface area (Å²) in [5, 5.41) is 9.74. The van der Waals surface area contributed by atoms with E-state index in [9.17, 15) is 14.7 Å². The number of phenols is 1. The Morgan fingerprint density at radius 1 is 1.28 bits per heavy atom. The van der Waals surface area contributed by atoms with Crippen molar-refractivity contribution in [3.05, 3.63) is 41.0 Å². The van der Waals surface area contributed by atoms with Crippen molar-refractivity contribution in [1.29, 1.82) is 0 Å². The minimum Gasteiger partial charge on any atom is -0.508 e. The normalized spacial score (nSPS) is 35.4. The number of unbranched alkanes of at least 4 members (excludes halogenated alkanes) is 1. The van der Waals surface area contributed by atoms with Gasteiger partial charge in [0.05, 0.1) is 0 Å². The summed E-state index contributed by atoms with van der Waals surface area (Å²) in [4.78, 5) is 25.7. The highest BCUT2D eigenvalue weighted by atomic mass is 16.3. The van der Waals surface area contributed by atoms with Gasteiger partial charge in [0.25, 0.3) is 0 Å². The van der Waals surface area contributed by atoms with Gasteiger partial charge in [0.15, 0.2) is 11.6 Å². The maximum atomic E-state index is 13.0. The van der Waals surface area contributed by atoms with E-state index in [-0.39, 0.29) is 28.8 Å². The third-order valence-electron chi connectivity index (χ3n) is 6.91. The van der Waals surface area contributed by atoms with Crippen molar-refractivity contribution in [2.75, 3.05) is 0 Å². The number of aromatic hydroxyl groups is 1. The second-order valence-electron chi connectivity index (χ2n) is 8.28. The lowest BCUT2D eigenvalue weighted by molar-refractivity contribution is -0.126. The van der Waals surface area contributed by atoms with E-state index in [1.54, 1.807) is 12.1 Å². The standard InChI is InChI=1S/C22H26O3/c1-3-4-5-13-10-19-17-12-20(24)18-11-14(23)6-7-15(18)16(17)8-9-22(19,2)21(13)25/h5-7,11,16-17,19,23H,3-4,8-10,12H2,1-2H3/b13-5-/t16?,17?,19?,22-/m0/s1. The number of fused-ring (bicyclic) bond motifs is 5. The number of phenolic OH excluding ortho intramolecular Hbond substituents is 1. The molecule has 3 aliphatic carbocycles. The average molecular weight is 338 g/mol. The number of carbonyl (C=O) groups is 2. The Labute approximate surface area is 149 Å². The molecule has 2 fully saturated rings. The number of allylic oxidation sites excluding steroid dienone is 2. The predicted molar refractivity (Wildman–Crippen MR) is 96.7 cm³/mol. The maximum absolute atomic E-state index is 13.0. The third-order valence-corrected chi connectivity index (χ3v) is 6.91. The molecule has 2 saturated carbocycles. The van der Waals surface area contributed by atoms with E-state index in [0.29, 0.717) is 23.7 Å². The van der Waals surface area contributed by atoms with Crippen LogP contribution in [0.15, 0.2) is 29.8 Å². The first-order valence-corrected chi connectivity index (χ1v) is 9.55. The van der Waals surface area contributed by atoms with Gasteiger partial charge in [-0.1, -0.05) is 32.4 Å². The zero-order chi connectivity index (χ0) is 17.8. The Bertz CT molecular complexity index is 775. The first-order chi connectivity index (χ1) is 12.0. The molecule has 3 heteroatoms. The minimum absolute atomic E-state index is 0.120. The highest BCUT2D eigenvalue weighted by molar-refractivity contribution is 6.03. The van der Waals surface area contributed by atoms with Crippen LogP contribution in [0.2, 0.25) is 0 Å². The number of rotatable bonds is 2. The number of ketones is 2. The van der Waals surface area contributed by atoms with Gasteiger partial charge in [-0.05, 0) is 66.7 Å². The third kappa shape index (κ3) is 2.39. The first-order valence-electron chi connectivity index (χ1n) is 9.55. The van der Waals surface area contributed by atoms with Crippen LogP contribution in [0.4, 0.5) is 0 Å². The van der Waals surface area contributed by atoms with Gasteiger partial charge in [0, 0.05) is 17.4 Å². The fourth-order valence-corrected chi connectivity index (χ4v) is 5.56. The fourth-order valence-electron chi connectivity index (χ4n) is 5.56. The Hall–Kier alpha value is -1.90.